The van der Waals surface area contributed by atoms with Crippen molar-refractivity contribution in [1.29, 1.82) is 0 Å². The molecule has 0 saturated carbocycles. The van der Waals surface area contributed by atoms with Gasteiger partial charge in [-0.1, -0.05) is 30.3 Å². The van der Waals surface area contributed by atoms with Crippen LogP contribution < -0.4 is 4.74 Å². The van der Waals surface area contributed by atoms with Gasteiger partial charge in [-0.2, -0.15) is 0 Å². The third-order valence-corrected chi connectivity index (χ3v) is 2.05. The molecule has 0 unspecified atom stereocenters. The van der Waals surface area contributed by atoms with E-state index in [2.05, 4.69) is 19.6 Å². The Morgan fingerprint density at radius 1 is 1.46 bits per heavy atom. The molecule has 0 amide bonds. The molecule has 0 aliphatic carbocycles. The standard InChI is InChI=1S/C11H13ClO/c1-8-5-4-6-11(10(8)3)13-7-9(2)12/h4-6H,2,7H2,1,3H3. The maximum atomic E-state index is 5.60. The van der Waals surface area contributed by atoms with E-state index in [4.69, 9.17) is 16.3 Å². The summed E-state index contributed by atoms with van der Waals surface area (Å²) in [7, 11) is 0. The van der Waals surface area contributed by atoms with Crippen LogP contribution in [-0.2, 0) is 0 Å². The zero-order valence-corrected chi connectivity index (χ0v) is 8.69. The zero-order valence-electron chi connectivity index (χ0n) is 7.93. The molecule has 0 N–H and O–H groups in total. The average molecular weight is 197 g/mol. The molecule has 0 aliphatic rings. The van der Waals surface area contributed by atoms with E-state index >= 15 is 0 Å². The Hall–Kier alpha value is -0.950. The highest BCUT2D eigenvalue weighted by Crippen LogP contribution is 2.21. The second-order valence-corrected chi connectivity index (χ2v) is 3.54. The molecular weight excluding hydrogens is 184 g/mol. The topological polar surface area (TPSA) is 9.23 Å². The SMILES string of the molecule is C=C(Cl)COc1cccc(C)c1C. The number of ether oxygens (including phenoxy) is 1. The molecule has 0 spiro atoms. The molecule has 0 saturated heterocycles. The van der Waals surface area contributed by atoms with Crippen LogP contribution in [0.15, 0.2) is 29.8 Å². The molecular formula is C11H13ClO. The van der Waals surface area contributed by atoms with E-state index in [1.54, 1.807) is 0 Å². The van der Waals surface area contributed by atoms with E-state index in [0.717, 1.165) is 11.3 Å². The molecule has 1 rings (SSSR count). The second-order valence-electron chi connectivity index (χ2n) is 3.00. The Kier molecular flexibility index (Phi) is 3.38. The summed E-state index contributed by atoms with van der Waals surface area (Å²) in [6, 6.07) is 5.95. The largest absolute Gasteiger partial charge is 0.488 e. The van der Waals surface area contributed by atoms with E-state index in [1.807, 2.05) is 19.1 Å². The first-order chi connectivity index (χ1) is 6.11. The van der Waals surface area contributed by atoms with Gasteiger partial charge in [0.05, 0.1) is 0 Å². The maximum absolute atomic E-state index is 5.60. The van der Waals surface area contributed by atoms with Gasteiger partial charge in [0.25, 0.3) is 0 Å². The molecule has 13 heavy (non-hydrogen) atoms. The van der Waals surface area contributed by atoms with Crippen LogP contribution in [-0.4, -0.2) is 6.61 Å². The highest BCUT2D eigenvalue weighted by Gasteiger charge is 2.01. The normalized spacial score (nSPS) is 9.77. The molecule has 0 atom stereocenters. The van der Waals surface area contributed by atoms with Crippen molar-refractivity contribution in [2.75, 3.05) is 6.61 Å². The number of halogens is 1. The lowest BCUT2D eigenvalue weighted by atomic mass is 10.1. The second kappa shape index (κ2) is 4.33. The van der Waals surface area contributed by atoms with Crippen LogP contribution in [0.5, 0.6) is 5.75 Å². The minimum absolute atomic E-state index is 0.367. The molecule has 0 aliphatic heterocycles. The predicted octanol–water partition coefficient (Wildman–Crippen LogP) is 3.43. The van der Waals surface area contributed by atoms with Crippen molar-refractivity contribution in [3.8, 4) is 5.75 Å². The molecule has 0 heterocycles. The summed E-state index contributed by atoms with van der Waals surface area (Å²) in [6.45, 7) is 8.01. The Morgan fingerprint density at radius 3 is 2.77 bits per heavy atom. The maximum Gasteiger partial charge on any atom is 0.123 e. The number of benzene rings is 1. The summed E-state index contributed by atoms with van der Waals surface area (Å²) in [4.78, 5) is 0. The third-order valence-electron chi connectivity index (χ3n) is 1.94. The molecule has 1 aromatic rings. The Labute approximate surface area is 84.0 Å². The predicted molar refractivity (Wildman–Crippen MR) is 56.4 cm³/mol. The van der Waals surface area contributed by atoms with E-state index in [1.165, 1.54) is 5.56 Å². The Bertz CT molecular complexity index is 318. The van der Waals surface area contributed by atoms with Crippen LogP contribution >= 0.6 is 11.6 Å². The highest BCUT2D eigenvalue weighted by atomic mass is 35.5. The molecule has 0 bridgehead atoms. The van der Waals surface area contributed by atoms with Crippen molar-refractivity contribution in [2.24, 2.45) is 0 Å². The number of aryl methyl sites for hydroxylation is 1. The van der Waals surface area contributed by atoms with Gasteiger partial charge in [-0.15, -0.1) is 0 Å². The molecule has 2 heteroatoms. The summed E-state index contributed by atoms with van der Waals surface area (Å²) >= 11 is 5.60. The van der Waals surface area contributed by atoms with Gasteiger partial charge in [-0.05, 0) is 31.0 Å². The van der Waals surface area contributed by atoms with Gasteiger partial charge >= 0.3 is 0 Å². The third kappa shape index (κ3) is 2.78. The number of rotatable bonds is 3. The van der Waals surface area contributed by atoms with Crippen molar-refractivity contribution < 1.29 is 4.74 Å². The average Bonchev–Trinajstić information content (AvgIpc) is 2.07. The lowest BCUT2D eigenvalue weighted by molar-refractivity contribution is 0.356. The lowest BCUT2D eigenvalue weighted by Crippen LogP contribution is -1.98. The van der Waals surface area contributed by atoms with Crippen LogP contribution in [0.2, 0.25) is 0 Å². The van der Waals surface area contributed by atoms with Crippen molar-refractivity contribution in [3.63, 3.8) is 0 Å². The van der Waals surface area contributed by atoms with Gasteiger partial charge in [-0.25, -0.2) is 0 Å². The lowest BCUT2D eigenvalue weighted by Gasteiger charge is -2.09. The monoisotopic (exact) mass is 196 g/mol. The van der Waals surface area contributed by atoms with Crippen molar-refractivity contribution in [1.82, 2.24) is 0 Å². The number of hydrogen-bond donors (Lipinski definition) is 0. The van der Waals surface area contributed by atoms with E-state index in [9.17, 15) is 0 Å². The van der Waals surface area contributed by atoms with E-state index in [0.29, 0.717) is 11.6 Å². The van der Waals surface area contributed by atoms with Crippen molar-refractivity contribution in [3.05, 3.63) is 40.9 Å². The summed E-state index contributed by atoms with van der Waals surface area (Å²) in [5.41, 5.74) is 2.37. The quantitative estimate of drug-likeness (QED) is 0.720. The molecule has 0 fully saturated rings. The van der Waals surface area contributed by atoms with Crippen LogP contribution in [0.1, 0.15) is 11.1 Å². The van der Waals surface area contributed by atoms with Crippen LogP contribution in [0.25, 0.3) is 0 Å². The molecule has 70 valence electrons. The summed E-state index contributed by atoms with van der Waals surface area (Å²) in [6.07, 6.45) is 0. The van der Waals surface area contributed by atoms with Crippen molar-refractivity contribution in [2.45, 2.75) is 13.8 Å². The fourth-order valence-corrected chi connectivity index (χ4v) is 1.09. The van der Waals surface area contributed by atoms with Crippen molar-refractivity contribution >= 4 is 11.6 Å². The summed E-state index contributed by atoms with van der Waals surface area (Å²) in [5.74, 6) is 0.877. The highest BCUT2D eigenvalue weighted by molar-refractivity contribution is 6.29. The summed E-state index contributed by atoms with van der Waals surface area (Å²) in [5, 5.41) is 0.515. The summed E-state index contributed by atoms with van der Waals surface area (Å²) < 4.78 is 5.45. The minimum atomic E-state index is 0.367. The van der Waals surface area contributed by atoms with Gasteiger partial charge in [0, 0.05) is 5.03 Å². The molecule has 1 nitrogen and oxygen atoms in total. The zero-order chi connectivity index (χ0) is 9.84. The van der Waals surface area contributed by atoms with E-state index < -0.39 is 0 Å². The van der Waals surface area contributed by atoms with Gasteiger partial charge < -0.3 is 4.74 Å². The first kappa shape index (κ1) is 10.1. The van der Waals surface area contributed by atoms with Gasteiger partial charge in [0.1, 0.15) is 12.4 Å². The first-order valence-corrected chi connectivity index (χ1v) is 4.51. The minimum Gasteiger partial charge on any atom is -0.488 e. The van der Waals surface area contributed by atoms with Crippen LogP contribution in [0.3, 0.4) is 0 Å². The van der Waals surface area contributed by atoms with Crippen LogP contribution in [0, 0.1) is 13.8 Å². The fraction of sp³-hybridized carbons (Fsp3) is 0.273. The Morgan fingerprint density at radius 2 is 2.15 bits per heavy atom. The van der Waals surface area contributed by atoms with Gasteiger partial charge in [0.2, 0.25) is 0 Å². The van der Waals surface area contributed by atoms with Gasteiger partial charge in [-0.3, -0.25) is 0 Å². The molecule has 1 aromatic carbocycles. The smallest absolute Gasteiger partial charge is 0.123 e. The molecule has 0 radical (unpaired) electrons. The Balaban J connectivity index is 2.77. The van der Waals surface area contributed by atoms with Gasteiger partial charge in [0.15, 0.2) is 0 Å². The van der Waals surface area contributed by atoms with Crippen LogP contribution in [0.4, 0.5) is 0 Å². The first-order valence-electron chi connectivity index (χ1n) is 4.13. The molecule has 0 aromatic heterocycles. The van der Waals surface area contributed by atoms with E-state index in [-0.39, 0.29) is 0 Å². The number of hydrogen-bond acceptors (Lipinski definition) is 1. The fourth-order valence-electron chi connectivity index (χ4n) is 1.04.